The van der Waals surface area contributed by atoms with E-state index in [1.807, 2.05) is 6.08 Å². The van der Waals surface area contributed by atoms with Crippen LogP contribution >= 0.6 is 11.6 Å². The Hall–Kier alpha value is -2.83. The van der Waals surface area contributed by atoms with Crippen molar-refractivity contribution >= 4 is 34.2 Å². The second-order valence-electron chi connectivity index (χ2n) is 9.01. The molecule has 3 aromatic rings. The molecular weight excluding hydrogens is 496 g/mol. The minimum atomic E-state index is -0.680. The first kappa shape index (κ1) is 23.6. The van der Waals surface area contributed by atoms with Crippen LogP contribution in [0, 0.1) is 11.6 Å². The zero-order chi connectivity index (χ0) is 24.8. The summed E-state index contributed by atoms with van der Waals surface area (Å²) in [5.41, 5.74) is 2.21. The number of nitrogens with zero attached hydrogens (tertiary/aromatic N) is 2. The maximum atomic E-state index is 14.8. The van der Waals surface area contributed by atoms with Crippen molar-refractivity contribution in [2.75, 3.05) is 31.6 Å². The Kier molecular flexibility index (Phi) is 6.26. The van der Waals surface area contributed by atoms with Gasteiger partial charge in [0.1, 0.15) is 35.8 Å². The van der Waals surface area contributed by atoms with Crippen LogP contribution in [0.3, 0.4) is 0 Å². The lowest BCUT2D eigenvalue weighted by atomic mass is 9.98. The third kappa shape index (κ3) is 4.41. The second kappa shape index (κ2) is 9.56. The molecule has 36 heavy (non-hydrogen) atoms. The molecule has 2 fully saturated rings. The van der Waals surface area contributed by atoms with Crippen molar-refractivity contribution in [2.45, 2.75) is 37.4 Å². The van der Waals surface area contributed by atoms with Gasteiger partial charge in [0.25, 0.3) is 6.01 Å². The fraction of sp³-hybridized carbons (Fsp3) is 0.417. The molecule has 12 heteroatoms. The third-order valence-electron chi connectivity index (χ3n) is 6.66. The van der Waals surface area contributed by atoms with Crippen LogP contribution in [0.4, 0.5) is 14.6 Å². The van der Waals surface area contributed by atoms with E-state index < -0.39 is 29.9 Å². The number of benzene rings is 1. The fourth-order valence-electron chi connectivity index (χ4n) is 4.78. The average molecular weight is 520 g/mol. The molecule has 4 N–H and O–H groups in total. The van der Waals surface area contributed by atoms with Crippen molar-refractivity contribution < 1.29 is 28.1 Å². The number of hydrogen-bond donors (Lipinski definition) is 4. The van der Waals surface area contributed by atoms with Crippen LogP contribution in [0.25, 0.3) is 16.7 Å². The Labute approximate surface area is 209 Å². The monoisotopic (exact) mass is 519 g/mol. The molecule has 0 radical (unpaired) electrons. The van der Waals surface area contributed by atoms with Crippen LogP contribution in [-0.4, -0.2) is 70.8 Å². The van der Waals surface area contributed by atoms with Crippen LogP contribution in [0.15, 0.2) is 24.3 Å². The molecule has 0 unspecified atom stereocenters. The second-order valence-corrected chi connectivity index (χ2v) is 9.41. The molecule has 3 aliphatic heterocycles. The Morgan fingerprint density at radius 3 is 2.72 bits per heavy atom. The summed E-state index contributed by atoms with van der Waals surface area (Å²) in [6, 6.07) is 4.52. The van der Waals surface area contributed by atoms with Gasteiger partial charge in [0, 0.05) is 18.7 Å². The van der Waals surface area contributed by atoms with Gasteiger partial charge < -0.3 is 34.9 Å². The van der Waals surface area contributed by atoms with E-state index in [1.54, 1.807) is 6.07 Å². The van der Waals surface area contributed by atoms with Gasteiger partial charge in [-0.2, -0.15) is 4.98 Å². The Balaban J connectivity index is 1.17. The van der Waals surface area contributed by atoms with Gasteiger partial charge >= 0.3 is 0 Å². The summed E-state index contributed by atoms with van der Waals surface area (Å²) in [5, 5.41) is 16.2. The third-order valence-corrected chi connectivity index (χ3v) is 6.95. The lowest BCUT2D eigenvalue weighted by molar-refractivity contribution is 0.00706. The number of ether oxygens (including phenoxy) is 3. The molecule has 190 valence electrons. The predicted molar refractivity (Wildman–Crippen MR) is 128 cm³/mol. The smallest absolute Gasteiger partial charge is 0.296 e. The Bertz CT molecular complexity index is 1310. The molecule has 2 saturated heterocycles. The average Bonchev–Trinajstić information content (AvgIpc) is 3.55. The summed E-state index contributed by atoms with van der Waals surface area (Å²) in [6.07, 6.45) is 0.739. The van der Waals surface area contributed by atoms with Crippen LogP contribution in [0.2, 0.25) is 5.02 Å². The molecule has 9 nitrogen and oxygen atoms in total. The zero-order valence-electron chi connectivity index (χ0n) is 19.1. The molecule has 2 aromatic heterocycles. The molecule has 0 aliphatic carbocycles. The highest BCUT2D eigenvalue weighted by Gasteiger charge is 2.48. The van der Waals surface area contributed by atoms with Gasteiger partial charge in [0.15, 0.2) is 11.8 Å². The number of aliphatic hydroxyl groups excluding tert-OH is 1. The molecule has 5 heterocycles. The number of pyridine rings is 1. The molecule has 0 spiro atoms. The number of nitrogens with one attached hydrogen (secondary N) is 3. The minimum Gasteiger partial charge on any atom is -0.456 e. The van der Waals surface area contributed by atoms with E-state index in [-0.39, 0.29) is 48.3 Å². The summed E-state index contributed by atoms with van der Waals surface area (Å²) in [4.78, 5) is 11.7. The van der Waals surface area contributed by atoms with E-state index in [1.165, 1.54) is 12.1 Å². The summed E-state index contributed by atoms with van der Waals surface area (Å²) in [5.74, 6) is -1.04. The van der Waals surface area contributed by atoms with Gasteiger partial charge in [0.2, 0.25) is 0 Å². The first-order valence-electron chi connectivity index (χ1n) is 11.7. The van der Waals surface area contributed by atoms with Crippen LogP contribution < -0.4 is 15.4 Å². The van der Waals surface area contributed by atoms with Gasteiger partial charge in [-0.1, -0.05) is 17.7 Å². The van der Waals surface area contributed by atoms with Crippen molar-refractivity contribution in [3.8, 4) is 6.01 Å². The largest absolute Gasteiger partial charge is 0.456 e. The van der Waals surface area contributed by atoms with Gasteiger partial charge in [0.05, 0.1) is 23.8 Å². The number of aliphatic hydroxyl groups is 1. The number of rotatable bonds is 6. The van der Waals surface area contributed by atoms with Crippen LogP contribution in [-0.2, 0) is 16.0 Å². The number of aromatic amines is 1. The van der Waals surface area contributed by atoms with Crippen LogP contribution in [0.1, 0.15) is 17.5 Å². The fourth-order valence-corrected chi connectivity index (χ4v) is 5.00. The molecule has 4 atom stereocenters. The molecule has 6 rings (SSSR count). The number of aromatic nitrogens is 3. The van der Waals surface area contributed by atoms with Crippen molar-refractivity contribution in [2.24, 2.45) is 0 Å². The van der Waals surface area contributed by atoms with Crippen molar-refractivity contribution in [1.82, 2.24) is 20.3 Å². The zero-order valence-corrected chi connectivity index (χ0v) is 19.8. The maximum Gasteiger partial charge on any atom is 0.296 e. The SMILES string of the molecule is O[C@@H]1CO[C@H]2[C@@H]1OC[C@H]2Oc1nc2nc(NCc3c(F)cc(C4=CCNCC4)cc3F)c(Cl)cc2[nH]1. The number of fused-ring (bicyclic) bond motifs is 2. The molecule has 3 aliphatic rings. The normalized spacial score (nSPS) is 25.7. The summed E-state index contributed by atoms with van der Waals surface area (Å²) < 4.78 is 46.6. The van der Waals surface area contributed by atoms with E-state index in [9.17, 15) is 13.9 Å². The number of halogens is 3. The first-order valence-corrected chi connectivity index (χ1v) is 12.1. The Morgan fingerprint density at radius 1 is 1.14 bits per heavy atom. The Morgan fingerprint density at radius 2 is 1.94 bits per heavy atom. The topological polar surface area (TPSA) is 114 Å². The molecule has 0 amide bonds. The molecule has 1 aromatic carbocycles. The van der Waals surface area contributed by atoms with E-state index >= 15 is 0 Å². The van der Waals surface area contributed by atoms with Crippen LogP contribution in [0.5, 0.6) is 6.01 Å². The van der Waals surface area contributed by atoms with E-state index in [0.717, 1.165) is 18.5 Å². The standard InChI is InChI=1S/C24H24ClF2N5O4/c25-14-7-17-23(32-24(30-17)36-19-10-35-20-18(33)9-34-21(19)20)31-22(14)29-8-13-15(26)5-12(6-16(13)27)11-1-3-28-4-2-11/h1,5-7,18-21,28,33H,2-4,8-10H2,(H2,29,30,31,32)/t18-,19-,20-,21-/m1/s1. The molecule has 0 bridgehead atoms. The number of anilines is 1. The predicted octanol–water partition coefficient (Wildman–Crippen LogP) is 2.78. The summed E-state index contributed by atoms with van der Waals surface area (Å²) in [6.45, 7) is 1.76. The van der Waals surface area contributed by atoms with Gasteiger partial charge in [-0.3, -0.25) is 0 Å². The quantitative estimate of drug-likeness (QED) is 0.393. The first-order chi connectivity index (χ1) is 17.5. The highest BCUT2D eigenvalue weighted by molar-refractivity contribution is 6.33. The van der Waals surface area contributed by atoms with E-state index in [0.29, 0.717) is 23.3 Å². The molecule has 0 saturated carbocycles. The number of imidazole rings is 1. The number of H-pyrrole nitrogens is 1. The van der Waals surface area contributed by atoms with Crippen molar-refractivity contribution in [3.63, 3.8) is 0 Å². The van der Waals surface area contributed by atoms with E-state index in [4.69, 9.17) is 25.8 Å². The molecular formula is C24H24ClF2N5O4. The maximum absolute atomic E-state index is 14.8. The van der Waals surface area contributed by atoms with Gasteiger partial charge in [-0.05, 0) is 42.3 Å². The van der Waals surface area contributed by atoms with Gasteiger partial charge in [-0.15, -0.1) is 0 Å². The number of hydrogen-bond acceptors (Lipinski definition) is 8. The summed E-state index contributed by atoms with van der Waals surface area (Å²) >= 11 is 6.36. The van der Waals surface area contributed by atoms with Crippen molar-refractivity contribution in [1.29, 1.82) is 0 Å². The highest BCUT2D eigenvalue weighted by Crippen LogP contribution is 2.31. The summed E-state index contributed by atoms with van der Waals surface area (Å²) in [7, 11) is 0. The van der Waals surface area contributed by atoms with Crippen molar-refractivity contribution in [3.05, 3.63) is 52.1 Å². The highest BCUT2D eigenvalue weighted by atomic mass is 35.5. The lowest BCUT2D eigenvalue weighted by Gasteiger charge is -2.16. The minimum absolute atomic E-state index is 0.105. The van der Waals surface area contributed by atoms with Gasteiger partial charge in [-0.25, -0.2) is 13.8 Å². The van der Waals surface area contributed by atoms with E-state index in [2.05, 4.69) is 25.6 Å². The lowest BCUT2D eigenvalue weighted by Crippen LogP contribution is -2.34.